The van der Waals surface area contributed by atoms with Crippen LogP contribution in [0.3, 0.4) is 0 Å². The lowest BCUT2D eigenvalue weighted by molar-refractivity contribution is -0.128. The van der Waals surface area contributed by atoms with Crippen LogP contribution in [0.1, 0.15) is 20.3 Å². The molecule has 0 aromatic rings. The first kappa shape index (κ1) is 7.54. The van der Waals surface area contributed by atoms with Gasteiger partial charge in [0, 0.05) is 6.54 Å². The Labute approximate surface area is 60.4 Å². The van der Waals surface area contributed by atoms with E-state index in [-0.39, 0.29) is 11.8 Å². The van der Waals surface area contributed by atoms with Crippen LogP contribution in [0.25, 0.3) is 0 Å². The molecule has 0 unspecified atom stereocenters. The Bertz CT molecular complexity index is 148. The Kier molecular flexibility index (Phi) is 1.68. The van der Waals surface area contributed by atoms with Gasteiger partial charge in [0.2, 0.25) is 5.91 Å². The molecule has 0 aliphatic carbocycles. The van der Waals surface area contributed by atoms with E-state index < -0.39 is 5.60 Å². The molecule has 1 amide bonds. The first-order chi connectivity index (χ1) is 4.52. The fourth-order valence-electron chi connectivity index (χ4n) is 1.27. The van der Waals surface area contributed by atoms with Gasteiger partial charge in [0.15, 0.2) is 0 Å². The summed E-state index contributed by atoms with van der Waals surface area (Å²) in [6.45, 7) is 4.04. The molecule has 0 aromatic carbocycles. The number of aliphatic hydroxyl groups is 1. The predicted molar refractivity (Wildman–Crippen MR) is 37.4 cm³/mol. The van der Waals surface area contributed by atoms with Crippen molar-refractivity contribution >= 4 is 5.91 Å². The quantitative estimate of drug-likeness (QED) is 0.538. The number of rotatable bonds is 1. The molecule has 10 heavy (non-hydrogen) atoms. The molecule has 1 aliphatic heterocycles. The zero-order valence-corrected chi connectivity index (χ0v) is 6.35. The van der Waals surface area contributed by atoms with Gasteiger partial charge >= 0.3 is 0 Å². The zero-order valence-electron chi connectivity index (χ0n) is 6.35. The van der Waals surface area contributed by atoms with E-state index in [9.17, 15) is 9.90 Å². The molecule has 0 bridgehead atoms. The maximum Gasteiger partial charge on any atom is 0.226 e. The van der Waals surface area contributed by atoms with Gasteiger partial charge in [0.1, 0.15) is 0 Å². The van der Waals surface area contributed by atoms with Gasteiger partial charge < -0.3 is 10.4 Å². The minimum atomic E-state index is -0.861. The predicted octanol–water partition coefficient (Wildman–Crippen LogP) is -0.107. The molecule has 0 radical (unpaired) electrons. The van der Waals surface area contributed by atoms with E-state index in [0.717, 1.165) is 6.42 Å². The average Bonchev–Trinajstić information content (AvgIpc) is 2.11. The van der Waals surface area contributed by atoms with E-state index in [1.807, 2.05) is 0 Å². The molecular formula is C7H13NO2. The third-order valence-electron chi connectivity index (χ3n) is 1.90. The minimum absolute atomic E-state index is 0.0208. The summed E-state index contributed by atoms with van der Waals surface area (Å²) in [6, 6.07) is 0. The third-order valence-corrected chi connectivity index (χ3v) is 1.90. The molecule has 1 aliphatic rings. The van der Waals surface area contributed by atoms with E-state index in [2.05, 4.69) is 5.32 Å². The van der Waals surface area contributed by atoms with Crippen molar-refractivity contribution in [3.05, 3.63) is 0 Å². The van der Waals surface area contributed by atoms with Gasteiger partial charge in [-0.3, -0.25) is 4.79 Å². The first-order valence-corrected chi connectivity index (χ1v) is 3.52. The maximum atomic E-state index is 10.9. The largest absolute Gasteiger partial charge is 0.390 e. The fraction of sp³-hybridized carbons (Fsp3) is 0.857. The molecule has 1 rings (SSSR count). The second-order valence-electron chi connectivity index (χ2n) is 3.29. The Morgan fingerprint density at radius 3 is 2.50 bits per heavy atom. The fourth-order valence-corrected chi connectivity index (χ4v) is 1.27. The van der Waals surface area contributed by atoms with Crippen LogP contribution >= 0.6 is 0 Å². The zero-order chi connectivity index (χ0) is 7.78. The Morgan fingerprint density at radius 2 is 2.30 bits per heavy atom. The molecular weight excluding hydrogens is 130 g/mol. The lowest BCUT2D eigenvalue weighted by Gasteiger charge is -2.22. The van der Waals surface area contributed by atoms with Crippen LogP contribution in [-0.4, -0.2) is 23.2 Å². The van der Waals surface area contributed by atoms with Crippen molar-refractivity contribution in [2.45, 2.75) is 25.9 Å². The van der Waals surface area contributed by atoms with Crippen LogP contribution in [0.15, 0.2) is 0 Å². The molecule has 1 atom stereocenters. The number of carbonyl (C=O) groups excluding carboxylic acids is 1. The molecule has 2 N–H and O–H groups in total. The van der Waals surface area contributed by atoms with Crippen LogP contribution in [-0.2, 0) is 4.79 Å². The number of hydrogen-bond acceptors (Lipinski definition) is 2. The smallest absolute Gasteiger partial charge is 0.226 e. The number of hydrogen-bond donors (Lipinski definition) is 2. The summed E-state index contributed by atoms with van der Waals surface area (Å²) in [7, 11) is 0. The summed E-state index contributed by atoms with van der Waals surface area (Å²) in [6.07, 6.45) is 0.752. The van der Waals surface area contributed by atoms with Crippen LogP contribution in [0, 0.1) is 5.92 Å². The van der Waals surface area contributed by atoms with Crippen molar-refractivity contribution in [3.8, 4) is 0 Å². The topological polar surface area (TPSA) is 49.3 Å². The van der Waals surface area contributed by atoms with Gasteiger partial charge in [-0.05, 0) is 20.3 Å². The lowest BCUT2D eigenvalue weighted by Crippen LogP contribution is -2.36. The van der Waals surface area contributed by atoms with E-state index >= 15 is 0 Å². The summed E-state index contributed by atoms with van der Waals surface area (Å²) in [5.41, 5.74) is -0.861. The Hall–Kier alpha value is -0.570. The standard InChI is InChI=1S/C7H13NO2/c1-7(2,10)5-3-4-8-6(5)9/h5,10H,3-4H2,1-2H3,(H,8,9)/t5-/m1/s1. The molecule has 1 fully saturated rings. The van der Waals surface area contributed by atoms with Crippen molar-refractivity contribution in [2.75, 3.05) is 6.54 Å². The molecule has 0 saturated carbocycles. The highest BCUT2D eigenvalue weighted by atomic mass is 16.3. The van der Waals surface area contributed by atoms with Crippen LogP contribution in [0.2, 0.25) is 0 Å². The second kappa shape index (κ2) is 2.23. The minimum Gasteiger partial charge on any atom is -0.390 e. The maximum absolute atomic E-state index is 10.9. The number of carbonyl (C=O) groups is 1. The van der Waals surface area contributed by atoms with Crippen LogP contribution in [0.4, 0.5) is 0 Å². The summed E-state index contributed by atoms with van der Waals surface area (Å²) < 4.78 is 0. The van der Waals surface area contributed by atoms with E-state index in [0.29, 0.717) is 6.54 Å². The van der Waals surface area contributed by atoms with Gasteiger partial charge in [-0.25, -0.2) is 0 Å². The van der Waals surface area contributed by atoms with Crippen molar-refractivity contribution in [3.63, 3.8) is 0 Å². The molecule has 1 saturated heterocycles. The van der Waals surface area contributed by atoms with Gasteiger partial charge in [0.05, 0.1) is 11.5 Å². The van der Waals surface area contributed by atoms with Crippen molar-refractivity contribution in [1.29, 1.82) is 0 Å². The summed E-state index contributed by atoms with van der Waals surface area (Å²) in [5.74, 6) is -0.236. The van der Waals surface area contributed by atoms with E-state index in [4.69, 9.17) is 0 Å². The Morgan fingerprint density at radius 1 is 1.70 bits per heavy atom. The molecule has 3 heteroatoms. The first-order valence-electron chi connectivity index (χ1n) is 3.52. The van der Waals surface area contributed by atoms with Crippen LogP contribution < -0.4 is 5.32 Å². The highest BCUT2D eigenvalue weighted by Gasteiger charge is 2.36. The highest BCUT2D eigenvalue weighted by molar-refractivity contribution is 5.81. The van der Waals surface area contributed by atoms with Gasteiger partial charge in [0.25, 0.3) is 0 Å². The van der Waals surface area contributed by atoms with Crippen molar-refractivity contribution in [2.24, 2.45) is 5.92 Å². The molecule has 0 spiro atoms. The van der Waals surface area contributed by atoms with E-state index in [1.165, 1.54) is 0 Å². The SMILES string of the molecule is CC(C)(O)[C@@H]1CCNC1=O. The monoisotopic (exact) mass is 143 g/mol. The molecule has 58 valence electrons. The van der Waals surface area contributed by atoms with E-state index in [1.54, 1.807) is 13.8 Å². The average molecular weight is 143 g/mol. The lowest BCUT2D eigenvalue weighted by atomic mass is 9.90. The van der Waals surface area contributed by atoms with Crippen LogP contribution in [0.5, 0.6) is 0 Å². The molecule has 0 aromatic heterocycles. The van der Waals surface area contributed by atoms with Crippen molar-refractivity contribution < 1.29 is 9.90 Å². The second-order valence-corrected chi connectivity index (χ2v) is 3.29. The number of amides is 1. The summed E-state index contributed by atoms with van der Waals surface area (Å²) in [4.78, 5) is 10.9. The van der Waals surface area contributed by atoms with Gasteiger partial charge in [-0.15, -0.1) is 0 Å². The number of nitrogens with one attached hydrogen (secondary N) is 1. The normalized spacial score (nSPS) is 26.7. The molecule has 1 heterocycles. The third kappa shape index (κ3) is 1.29. The van der Waals surface area contributed by atoms with Gasteiger partial charge in [-0.1, -0.05) is 0 Å². The summed E-state index contributed by atoms with van der Waals surface area (Å²) >= 11 is 0. The van der Waals surface area contributed by atoms with Crippen molar-refractivity contribution in [1.82, 2.24) is 5.32 Å². The highest BCUT2D eigenvalue weighted by Crippen LogP contribution is 2.22. The van der Waals surface area contributed by atoms with Gasteiger partial charge in [-0.2, -0.15) is 0 Å². The molecule has 3 nitrogen and oxygen atoms in total. The Balaban J connectivity index is 2.64. The summed E-state index contributed by atoms with van der Waals surface area (Å²) in [5, 5.41) is 12.1.